The maximum absolute atomic E-state index is 5.74. The SMILES string of the molecule is CN(Cc1ccc(Cl)nc1)c1ccccc1. The number of benzene rings is 1. The zero-order chi connectivity index (χ0) is 11.4. The van der Waals surface area contributed by atoms with Crippen LogP contribution in [0.2, 0.25) is 5.15 Å². The first-order chi connectivity index (χ1) is 7.75. The van der Waals surface area contributed by atoms with Gasteiger partial charge in [-0.2, -0.15) is 0 Å². The third-order valence-corrected chi connectivity index (χ3v) is 2.63. The average molecular weight is 233 g/mol. The van der Waals surface area contributed by atoms with E-state index in [1.807, 2.05) is 36.5 Å². The normalized spacial score (nSPS) is 10.1. The summed E-state index contributed by atoms with van der Waals surface area (Å²) in [6, 6.07) is 14.1. The number of anilines is 1. The van der Waals surface area contributed by atoms with Crippen molar-refractivity contribution in [3.63, 3.8) is 0 Å². The molecule has 2 nitrogen and oxygen atoms in total. The average Bonchev–Trinajstić information content (AvgIpc) is 2.33. The van der Waals surface area contributed by atoms with E-state index in [4.69, 9.17) is 11.6 Å². The molecule has 16 heavy (non-hydrogen) atoms. The minimum absolute atomic E-state index is 0.533. The van der Waals surface area contributed by atoms with Crippen LogP contribution in [0.3, 0.4) is 0 Å². The van der Waals surface area contributed by atoms with Gasteiger partial charge in [0.25, 0.3) is 0 Å². The van der Waals surface area contributed by atoms with E-state index in [2.05, 4.69) is 29.1 Å². The highest BCUT2D eigenvalue weighted by Crippen LogP contribution is 2.14. The van der Waals surface area contributed by atoms with Gasteiger partial charge < -0.3 is 4.90 Å². The summed E-state index contributed by atoms with van der Waals surface area (Å²) in [4.78, 5) is 6.24. The van der Waals surface area contributed by atoms with Crippen LogP contribution >= 0.6 is 11.6 Å². The maximum Gasteiger partial charge on any atom is 0.129 e. The molecule has 2 rings (SSSR count). The van der Waals surface area contributed by atoms with Crippen LogP contribution in [0, 0.1) is 0 Å². The van der Waals surface area contributed by atoms with E-state index in [9.17, 15) is 0 Å². The second-order valence-corrected chi connectivity index (χ2v) is 4.07. The Morgan fingerprint density at radius 3 is 2.50 bits per heavy atom. The highest BCUT2D eigenvalue weighted by atomic mass is 35.5. The summed E-state index contributed by atoms with van der Waals surface area (Å²) in [5, 5.41) is 0.533. The van der Waals surface area contributed by atoms with E-state index in [1.165, 1.54) is 5.69 Å². The summed E-state index contributed by atoms with van der Waals surface area (Å²) in [6.07, 6.45) is 1.81. The lowest BCUT2D eigenvalue weighted by molar-refractivity contribution is 0.915. The molecule has 1 heterocycles. The van der Waals surface area contributed by atoms with Gasteiger partial charge in [0.1, 0.15) is 5.15 Å². The molecule has 0 aliphatic heterocycles. The Bertz CT molecular complexity index is 439. The van der Waals surface area contributed by atoms with Crippen molar-refractivity contribution in [1.82, 2.24) is 4.98 Å². The van der Waals surface area contributed by atoms with Crippen LogP contribution in [-0.2, 0) is 6.54 Å². The maximum atomic E-state index is 5.74. The van der Waals surface area contributed by atoms with Crippen molar-refractivity contribution in [3.05, 3.63) is 59.4 Å². The summed E-state index contributed by atoms with van der Waals surface area (Å²) in [5.74, 6) is 0. The van der Waals surface area contributed by atoms with Gasteiger partial charge in [0, 0.05) is 25.5 Å². The molecule has 0 fully saturated rings. The van der Waals surface area contributed by atoms with E-state index < -0.39 is 0 Å². The monoisotopic (exact) mass is 232 g/mol. The predicted molar refractivity (Wildman–Crippen MR) is 67.8 cm³/mol. The standard InChI is InChI=1S/C13H13ClN2/c1-16(12-5-3-2-4-6-12)10-11-7-8-13(14)15-9-11/h2-9H,10H2,1H3. The van der Waals surface area contributed by atoms with Gasteiger partial charge in [-0.25, -0.2) is 4.98 Å². The van der Waals surface area contributed by atoms with Gasteiger partial charge in [-0.3, -0.25) is 0 Å². The van der Waals surface area contributed by atoms with Crippen LogP contribution < -0.4 is 4.90 Å². The van der Waals surface area contributed by atoms with Crippen LogP contribution in [0.4, 0.5) is 5.69 Å². The Kier molecular flexibility index (Phi) is 3.42. The molecule has 0 N–H and O–H groups in total. The Morgan fingerprint density at radius 1 is 1.12 bits per heavy atom. The highest BCUT2D eigenvalue weighted by molar-refractivity contribution is 6.29. The second kappa shape index (κ2) is 4.99. The summed E-state index contributed by atoms with van der Waals surface area (Å²) < 4.78 is 0. The summed E-state index contributed by atoms with van der Waals surface area (Å²) in [6.45, 7) is 0.828. The third kappa shape index (κ3) is 2.74. The number of pyridine rings is 1. The molecule has 0 unspecified atom stereocenters. The Balaban J connectivity index is 2.08. The van der Waals surface area contributed by atoms with Gasteiger partial charge in [-0.15, -0.1) is 0 Å². The topological polar surface area (TPSA) is 16.1 Å². The van der Waals surface area contributed by atoms with Crippen LogP contribution in [-0.4, -0.2) is 12.0 Å². The minimum atomic E-state index is 0.533. The molecule has 0 aliphatic carbocycles. The van der Waals surface area contributed by atoms with Gasteiger partial charge in [0.05, 0.1) is 0 Å². The molecule has 0 saturated carbocycles. The van der Waals surface area contributed by atoms with E-state index in [0.717, 1.165) is 12.1 Å². The number of nitrogens with zero attached hydrogens (tertiary/aromatic N) is 2. The molecular formula is C13H13ClN2. The fourth-order valence-corrected chi connectivity index (χ4v) is 1.66. The minimum Gasteiger partial charge on any atom is -0.370 e. The van der Waals surface area contributed by atoms with Gasteiger partial charge >= 0.3 is 0 Å². The molecule has 0 amide bonds. The predicted octanol–water partition coefficient (Wildman–Crippen LogP) is 3.37. The van der Waals surface area contributed by atoms with E-state index in [-0.39, 0.29) is 0 Å². The van der Waals surface area contributed by atoms with Crippen LogP contribution in [0.15, 0.2) is 48.7 Å². The van der Waals surface area contributed by atoms with Crippen molar-refractivity contribution < 1.29 is 0 Å². The van der Waals surface area contributed by atoms with Crippen LogP contribution in [0.5, 0.6) is 0 Å². The van der Waals surface area contributed by atoms with Crippen molar-refractivity contribution >= 4 is 17.3 Å². The Labute approximate surface area is 101 Å². The van der Waals surface area contributed by atoms with Crippen LogP contribution in [0.1, 0.15) is 5.56 Å². The molecule has 0 atom stereocenters. The van der Waals surface area contributed by atoms with Crippen LogP contribution in [0.25, 0.3) is 0 Å². The number of aromatic nitrogens is 1. The van der Waals surface area contributed by atoms with Crippen molar-refractivity contribution in [2.75, 3.05) is 11.9 Å². The van der Waals surface area contributed by atoms with Crippen molar-refractivity contribution in [1.29, 1.82) is 0 Å². The molecule has 1 aromatic heterocycles. The van der Waals surface area contributed by atoms with E-state index in [0.29, 0.717) is 5.15 Å². The number of hydrogen-bond donors (Lipinski definition) is 0. The number of para-hydroxylation sites is 1. The van der Waals surface area contributed by atoms with Gasteiger partial charge in [-0.1, -0.05) is 35.9 Å². The molecule has 0 aliphatic rings. The van der Waals surface area contributed by atoms with Crippen molar-refractivity contribution in [3.8, 4) is 0 Å². The first-order valence-electron chi connectivity index (χ1n) is 5.12. The smallest absolute Gasteiger partial charge is 0.129 e. The molecule has 0 saturated heterocycles. The zero-order valence-electron chi connectivity index (χ0n) is 9.10. The summed E-state index contributed by atoms with van der Waals surface area (Å²) >= 11 is 5.74. The quantitative estimate of drug-likeness (QED) is 0.755. The molecule has 3 heteroatoms. The van der Waals surface area contributed by atoms with Crippen molar-refractivity contribution in [2.45, 2.75) is 6.54 Å². The molecule has 0 bridgehead atoms. The Morgan fingerprint density at radius 2 is 1.88 bits per heavy atom. The van der Waals surface area contributed by atoms with Gasteiger partial charge in [0.2, 0.25) is 0 Å². The fourth-order valence-electron chi connectivity index (χ4n) is 1.55. The molecule has 1 aromatic carbocycles. The molecule has 82 valence electrons. The first-order valence-corrected chi connectivity index (χ1v) is 5.50. The lowest BCUT2D eigenvalue weighted by Gasteiger charge is -2.18. The first kappa shape index (κ1) is 11.0. The zero-order valence-corrected chi connectivity index (χ0v) is 9.85. The molecule has 0 radical (unpaired) electrons. The molecule has 2 aromatic rings. The Hall–Kier alpha value is -1.54. The molecule has 0 spiro atoms. The highest BCUT2D eigenvalue weighted by Gasteiger charge is 2.01. The van der Waals surface area contributed by atoms with E-state index >= 15 is 0 Å². The lowest BCUT2D eigenvalue weighted by Crippen LogP contribution is -2.16. The third-order valence-electron chi connectivity index (χ3n) is 2.41. The second-order valence-electron chi connectivity index (χ2n) is 3.68. The van der Waals surface area contributed by atoms with Crippen molar-refractivity contribution in [2.24, 2.45) is 0 Å². The summed E-state index contributed by atoms with van der Waals surface area (Å²) in [5.41, 5.74) is 2.34. The van der Waals surface area contributed by atoms with Gasteiger partial charge in [-0.05, 0) is 23.8 Å². The summed E-state index contributed by atoms with van der Waals surface area (Å²) in [7, 11) is 2.06. The van der Waals surface area contributed by atoms with E-state index in [1.54, 1.807) is 0 Å². The van der Waals surface area contributed by atoms with Gasteiger partial charge in [0.15, 0.2) is 0 Å². The number of rotatable bonds is 3. The largest absolute Gasteiger partial charge is 0.370 e. The fraction of sp³-hybridized carbons (Fsp3) is 0.154. The number of halogens is 1. The lowest BCUT2D eigenvalue weighted by atomic mass is 10.2. The molecular weight excluding hydrogens is 220 g/mol. The number of hydrogen-bond acceptors (Lipinski definition) is 2.